The molecule has 22 heavy (non-hydrogen) atoms. The van der Waals surface area contributed by atoms with E-state index in [1.807, 2.05) is 0 Å². The SMILES string of the molecule is CC(=O)c1ccc(OC(C)C(=O)Nc2cccc(F)c2)cc1. The maximum atomic E-state index is 13.1. The Balaban J connectivity index is 1.97. The van der Waals surface area contributed by atoms with Gasteiger partial charge < -0.3 is 10.1 Å². The molecule has 0 aliphatic heterocycles. The van der Waals surface area contributed by atoms with Crippen LogP contribution in [0.25, 0.3) is 0 Å². The molecule has 0 heterocycles. The van der Waals surface area contributed by atoms with Gasteiger partial charge in [0.25, 0.3) is 5.91 Å². The lowest BCUT2D eigenvalue weighted by molar-refractivity contribution is -0.122. The monoisotopic (exact) mass is 301 g/mol. The fourth-order valence-corrected chi connectivity index (χ4v) is 1.84. The lowest BCUT2D eigenvalue weighted by Crippen LogP contribution is -2.30. The number of ketones is 1. The van der Waals surface area contributed by atoms with Crippen molar-refractivity contribution in [2.45, 2.75) is 20.0 Å². The van der Waals surface area contributed by atoms with Gasteiger partial charge in [-0.2, -0.15) is 0 Å². The summed E-state index contributed by atoms with van der Waals surface area (Å²) in [6.07, 6.45) is -0.758. The van der Waals surface area contributed by atoms with Crippen molar-refractivity contribution in [3.05, 3.63) is 59.9 Å². The van der Waals surface area contributed by atoms with E-state index in [2.05, 4.69) is 5.32 Å². The van der Waals surface area contributed by atoms with Crippen molar-refractivity contribution in [3.8, 4) is 5.75 Å². The number of carbonyl (C=O) groups excluding carboxylic acids is 2. The summed E-state index contributed by atoms with van der Waals surface area (Å²) in [5.41, 5.74) is 0.941. The van der Waals surface area contributed by atoms with Crippen molar-refractivity contribution in [2.24, 2.45) is 0 Å². The van der Waals surface area contributed by atoms with Crippen molar-refractivity contribution >= 4 is 17.4 Å². The van der Waals surface area contributed by atoms with Crippen LogP contribution in [0.2, 0.25) is 0 Å². The van der Waals surface area contributed by atoms with Crippen LogP contribution < -0.4 is 10.1 Å². The van der Waals surface area contributed by atoms with Gasteiger partial charge in [-0.05, 0) is 56.3 Å². The van der Waals surface area contributed by atoms with Gasteiger partial charge >= 0.3 is 0 Å². The number of amides is 1. The Kier molecular flexibility index (Phi) is 4.88. The van der Waals surface area contributed by atoms with Gasteiger partial charge in [-0.15, -0.1) is 0 Å². The first-order chi connectivity index (χ1) is 10.5. The third kappa shape index (κ3) is 4.15. The number of hydrogen-bond donors (Lipinski definition) is 1. The highest BCUT2D eigenvalue weighted by atomic mass is 19.1. The van der Waals surface area contributed by atoms with Crippen molar-refractivity contribution in [2.75, 3.05) is 5.32 Å². The van der Waals surface area contributed by atoms with E-state index in [1.165, 1.54) is 25.1 Å². The second-order valence-corrected chi connectivity index (χ2v) is 4.84. The lowest BCUT2D eigenvalue weighted by Gasteiger charge is -2.15. The molecular weight excluding hydrogens is 285 g/mol. The fourth-order valence-electron chi connectivity index (χ4n) is 1.84. The Hall–Kier alpha value is -2.69. The zero-order chi connectivity index (χ0) is 16.1. The first-order valence-corrected chi connectivity index (χ1v) is 6.80. The Bertz CT molecular complexity index is 683. The quantitative estimate of drug-likeness (QED) is 0.861. The van der Waals surface area contributed by atoms with Gasteiger partial charge in [0.1, 0.15) is 11.6 Å². The van der Waals surface area contributed by atoms with Crippen LogP contribution >= 0.6 is 0 Å². The zero-order valence-electron chi connectivity index (χ0n) is 12.3. The molecule has 0 saturated heterocycles. The molecule has 2 rings (SSSR count). The predicted octanol–water partition coefficient (Wildman–Crippen LogP) is 3.43. The minimum Gasteiger partial charge on any atom is -0.481 e. The molecule has 114 valence electrons. The summed E-state index contributed by atoms with van der Waals surface area (Å²) < 4.78 is 18.6. The molecule has 0 saturated carbocycles. The molecule has 0 aliphatic carbocycles. The number of benzene rings is 2. The first-order valence-electron chi connectivity index (χ1n) is 6.80. The maximum absolute atomic E-state index is 13.1. The second kappa shape index (κ2) is 6.85. The summed E-state index contributed by atoms with van der Waals surface area (Å²) in [6.45, 7) is 3.07. The molecule has 2 aromatic rings. The Morgan fingerprint density at radius 1 is 1.14 bits per heavy atom. The van der Waals surface area contributed by atoms with Crippen LogP contribution in [-0.2, 0) is 4.79 Å². The molecule has 1 atom stereocenters. The average Bonchev–Trinajstić information content (AvgIpc) is 2.47. The van der Waals surface area contributed by atoms with E-state index in [9.17, 15) is 14.0 Å². The lowest BCUT2D eigenvalue weighted by atomic mass is 10.1. The third-order valence-corrected chi connectivity index (χ3v) is 3.04. The minimum atomic E-state index is -0.758. The Labute approximate surface area is 127 Å². The molecular formula is C17H16FNO3. The summed E-state index contributed by atoms with van der Waals surface area (Å²) in [6, 6.07) is 12.2. The Morgan fingerprint density at radius 2 is 1.82 bits per heavy atom. The van der Waals surface area contributed by atoms with Crippen molar-refractivity contribution in [1.29, 1.82) is 0 Å². The molecule has 0 radical (unpaired) electrons. The Morgan fingerprint density at radius 3 is 2.41 bits per heavy atom. The zero-order valence-corrected chi connectivity index (χ0v) is 12.3. The number of hydrogen-bond acceptors (Lipinski definition) is 3. The molecule has 0 aromatic heterocycles. The topological polar surface area (TPSA) is 55.4 Å². The second-order valence-electron chi connectivity index (χ2n) is 4.84. The van der Waals surface area contributed by atoms with E-state index in [4.69, 9.17) is 4.74 Å². The largest absolute Gasteiger partial charge is 0.481 e. The number of carbonyl (C=O) groups is 2. The minimum absolute atomic E-state index is 0.0385. The van der Waals surface area contributed by atoms with Crippen LogP contribution in [0, 0.1) is 5.82 Å². The molecule has 5 heteroatoms. The number of nitrogens with one attached hydrogen (secondary N) is 1. The molecule has 1 amide bonds. The first kappa shape index (κ1) is 15.7. The number of anilines is 1. The van der Waals surface area contributed by atoms with Crippen LogP contribution in [0.1, 0.15) is 24.2 Å². The summed E-state index contributed by atoms with van der Waals surface area (Å²) in [5, 5.41) is 2.57. The highest BCUT2D eigenvalue weighted by Gasteiger charge is 2.15. The molecule has 4 nitrogen and oxygen atoms in total. The number of Topliss-reactive ketones (excluding diaryl/α,β-unsaturated/α-hetero) is 1. The highest BCUT2D eigenvalue weighted by Crippen LogP contribution is 2.15. The van der Waals surface area contributed by atoms with Gasteiger partial charge in [0.05, 0.1) is 0 Å². The highest BCUT2D eigenvalue weighted by molar-refractivity contribution is 5.94. The van der Waals surface area contributed by atoms with E-state index in [1.54, 1.807) is 37.3 Å². The van der Waals surface area contributed by atoms with E-state index in [0.717, 1.165) is 0 Å². The van der Waals surface area contributed by atoms with Crippen LogP contribution in [-0.4, -0.2) is 17.8 Å². The van der Waals surface area contributed by atoms with Crippen molar-refractivity contribution in [3.63, 3.8) is 0 Å². The van der Waals surface area contributed by atoms with E-state index in [-0.39, 0.29) is 11.7 Å². The summed E-state index contributed by atoms with van der Waals surface area (Å²) in [4.78, 5) is 23.2. The van der Waals surface area contributed by atoms with Gasteiger partial charge in [0.2, 0.25) is 0 Å². The fraction of sp³-hybridized carbons (Fsp3) is 0.176. The normalized spacial score (nSPS) is 11.6. The van der Waals surface area contributed by atoms with Crippen LogP contribution in [0.4, 0.5) is 10.1 Å². The van der Waals surface area contributed by atoms with E-state index < -0.39 is 11.9 Å². The molecule has 2 aromatic carbocycles. The van der Waals surface area contributed by atoms with Gasteiger partial charge in [0, 0.05) is 11.3 Å². The standard InChI is InChI=1S/C17H16FNO3/c1-11(20)13-6-8-16(9-7-13)22-12(2)17(21)19-15-5-3-4-14(18)10-15/h3-10,12H,1-2H3,(H,19,21). The van der Waals surface area contributed by atoms with E-state index in [0.29, 0.717) is 17.0 Å². The molecule has 1 unspecified atom stereocenters. The summed E-state index contributed by atoms with van der Waals surface area (Å²) in [7, 11) is 0. The van der Waals surface area contributed by atoms with Crippen molar-refractivity contribution < 1.29 is 18.7 Å². The van der Waals surface area contributed by atoms with Crippen LogP contribution in [0.15, 0.2) is 48.5 Å². The van der Waals surface area contributed by atoms with Gasteiger partial charge in [-0.1, -0.05) is 6.07 Å². The van der Waals surface area contributed by atoms with Crippen LogP contribution in [0.5, 0.6) is 5.75 Å². The molecule has 0 fully saturated rings. The molecule has 0 bridgehead atoms. The smallest absolute Gasteiger partial charge is 0.265 e. The average molecular weight is 301 g/mol. The van der Waals surface area contributed by atoms with E-state index >= 15 is 0 Å². The number of rotatable bonds is 5. The van der Waals surface area contributed by atoms with Gasteiger partial charge in [0.15, 0.2) is 11.9 Å². The van der Waals surface area contributed by atoms with Gasteiger partial charge in [-0.3, -0.25) is 9.59 Å². The van der Waals surface area contributed by atoms with Crippen molar-refractivity contribution in [1.82, 2.24) is 0 Å². The maximum Gasteiger partial charge on any atom is 0.265 e. The van der Waals surface area contributed by atoms with Crippen LogP contribution in [0.3, 0.4) is 0 Å². The molecule has 0 aliphatic rings. The third-order valence-electron chi connectivity index (χ3n) is 3.04. The summed E-state index contributed by atoms with van der Waals surface area (Å²) in [5.74, 6) is -0.372. The molecule has 1 N–H and O–H groups in total. The molecule has 0 spiro atoms. The number of halogens is 1. The summed E-state index contributed by atoms with van der Waals surface area (Å²) >= 11 is 0. The predicted molar refractivity (Wildman–Crippen MR) is 81.6 cm³/mol. The van der Waals surface area contributed by atoms with Gasteiger partial charge in [-0.25, -0.2) is 4.39 Å². The number of ether oxygens (including phenoxy) is 1.